The van der Waals surface area contributed by atoms with Crippen molar-refractivity contribution in [1.82, 2.24) is 16.0 Å². The highest BCUT2D eigenvalue weighted by Gasteiger charge is 2.24. The summed E-state index contributed by atoms with van der Waals surface area (Å²) in [5, 5.41) is 15.0. The van der Waals surface area contributed by atoms with Crippen molar-refractivity contribution in [2.45, 2.75) is 37.8 Å². The number of hydrogen-bond donors (Lipinski definition) is 7. The topological polar surface area (TPSA) is 237 Å². The number of aliphatic carboxylic acids is 1. The summed E-state index contributed by atoms with van der Waals surface area (Å²) in [6.45, 7) is -1.16. The van der Waals surface area contributed by atoms with Gasteiger partial charge < -0.3 is 38.3 Å². The van der Waals surface area contributed by atoms with Crippen molar-refractivity contribution in [1.29, 1.82) is 0 Å². The summed E-state index contributed by atoms with van der Waals surface area (Å²) in [6.07, 6.45) is -0.536. The molecule has 0 saturated carbocycles. The number of hydrogen-bond acceptors (Lipinski definition) is 7. The Balaban J connectivity index is 4.72. The zero-order valence-corrected chi connectivity index (χ0v) is 14.5. The number of rotatable bonds is 13. The molecule has 0 aromatic heterocycles. The monoisotopic (exact) mass is 388 g/mol. The third-order valence-corrected chi connectivity index (χ3v) is 3.21. The molecular weight excluding hydrogens is 364 g/mol. The van der Waals surface area contributed by atoms with Crippen molar-refractivity contribution in [3.05, 3.63) is 0 Å². The second kappa shape index (κ2) is 12.2. The van der Waals surface area contributed by atoms with Crippen LogP contribution >= 0.6 is 0 Å². The lowest BCUT2D eigenvalue weighted by Crippen LogP contribution is -2.53. The molecule has 0 rings (SSSR count). The third-order valence-electron chi connectivity index (χ3n) is 3.21. The molecule has 152 valence electrons. The fourth-order valence-corrected chi connectivity index (χ4v) is 1.79. The summed E-state index contributed by atoms with van der Waals surface area (Å²) in [6, 6.07) is -2.32. The first-order valence-corrected chi connectivity index (χ1v) is 7.91. The highest BCUT2D eigenvalue weighted by molar-refractivity contribution is 5.92. The van der Waals surface area contributed by atoms with Crippen molar-refractivity contribution in [2.75, 3.05) is 13.1 Å². The van der Waals surface area contributed by atoms with E-state index < -0.39 is 60.7 Å². The second-order valence-electron chi connectivity index (χ2n) is 5.57. The van der Waals surface area contributed by atoms with Crippen molar-refractivity contribution in [2.24, 2.45) is 17.2 Å². The minimum absolute atomic E-state index is 0.0388. The van der Waals surface area contributed by atoms with Crippen LogP contribution in [-0.4, -0.2) is 65.8 Å². The average Bonchev–Trinajstić information content (AvgIpc) is 2.58. The van der Waals surface area contributed by atoms with Gasteiger partial charge in [-0.25, -0.2) is 0 Å². The Morgan fingerprint density at radius 3 is 1.89 bits per heavy atom. The molecule has 0 spiro atoms. The summed E-state index contributed by atoms with van der Waals surface area (Å²) < 4.78 is 0. The predicted octanol–water partition coefficient (Wildman–Crippen LogP) is -4.35. The number of carboxylic acids is 1. The van der Waals surface area contributed by atoms with E-state index in [0.29, 0.717) is 0 Å². The summed E-state index contributed by atoms with van der Waals surface area (Å²) in [7, 11) is 0. The Hall–Kier alpha value is -3.22. The van der Waals surface area contributed by atoms with Gasteiger partial charge in [-0.3, -0.25) is 28.8 Å². The summed E-state index contributed by atoms with van der Waals surface area (Å²) >= 11 is 0. The van der Waals surface area contributed by atoms with E-state index in [1.54, 1.807) is 0 Å². The largest absolute Gasteiger partial charge is 0.480 e. The van der Waals surface area contributed by atoms with Crippen molar-refractivity contribution in [3.8, 4) is 0 Å². The number of nitrogens with one attached hydrogen (secondary N) is 3. The van der Waals surface area contributed by atoms with Gasteiger partial charge in [0, 0.05) is 12.8 Å². The van der Waals surface area contributed by atoms with Gasteiger partial charge in [-0.15, -0.1) is 0 Å². The van der Waals surface area contributed by atoms with Crippen LogP contribution in [0.2, 0.25) is 0 Å². The molecule has 0 aliphatic heterocycles. The molecule has 0 aliphatic rings. The van der Waals surface area contributed by atoms with Gasteiger partial charge in [-0.05, 0) is 12.8 Å². The van der Waals surface area contributed by atoms with Crippen molar-refractivity contribution < 1.29 is 33.9 Å². The molecular formula is C14H24N6O7. The lowest BCUT2D eigenvalue weighted by molar-refractivity contribution is -0.138. The minimum Gasteiger partial charge on any atom is -0.480 e. The quantitative estimate of drug-likeness (QED) is 0.162. The summed E-state index contributed by atoms with van der Waals surface area (Å²) in [5.41, 5.74) is 15.6. The fraction of sp³-hybridized carbons (Fsp3) is 0.571. The van der Waals surface area contributed by atoms with Crippen LogP contribution in [0.1, 0.15) is 25.7 Å². The molecule has 27 heavy (non-hydrogen) atoms. The van der Waals surface area contributed by atoms with Gasteiger partial charge in [-0.2, -0.15) is 0 Å². The highest BCUT2D eigenvalue weighted by Crippen LogP contribution is 2.01. The molecule has 10 N–H and O–H groups in total. The predicted molar refractivity (Wildman–Crippen MR) is 90.4 cm³/mol. The molecule has 0 heterocycles. The number of primary amides is 2. The van der Waals surface area contributed by atoms with E-state index in [4.69, 9.17) is 22.3 Å². The molecule has 0 fully saturated rings. The Bertz CT molecular complexity index is 595. The molecule has 0 aromatic carbocycles. The maximum atomic E-state index is 12.1. The van der Waals surface area contributed by atoms with Gasteiger partial charge in [0.1, 0.15) is 12.6 Å². The Morgan fingerprint density at radius 1 is 0.815 bits per heavy atom. The average molecular weight is 388 g/mol. The smallest absolute Gasteiger partial charge is 0.322 e. The molecule has 2 unspecified atom stereocenters. The Labute approximate surface area is 154 Å². The van der Waals surface area contributed by atoms with Gasteiger partial charge >= 0.3 is 5.97 Å². The first-order chi connectivity index (χ1) is 12.5. The van der Waals surface area contributed by atoms with Gasteiger partial charge in [0.05, 0.1) is 12.6 Å². The van der Waals surface area contributed by atoms with Crippen molar-refractivity contribution in [3.63, 3.8) is 0 Å². The van der Waals surface area contributed by atoms with E-state index in [9.17, 15) is 28.8 Å². The van der Waals surface area contributed by atoms with Gasteiger partial charge in [0.15, 0.2) is 0 Å². The number of carboxylic acid groups (broad SMARTS) is 1. The number of carbonyl (C=O) groups excluding carboxylic acids is 5. The lowest BCUT2D eigenvalue weighted by Gasteiger charge is -2.20. The minimum atomic E-state index is -1.26. The number of carbonyl (C=O) groups is 6. The number of nitrogens with two attached hydrogens (primary N) is 3. The first-order valence-electron chi connectivity index (χ1n) is 7.91. The van der Waals surface area contributed by atoms with Gasteiger partial charge in [0.25, 0.3) is 0 Å². The fourth-order valence-electron chi connectivity index (χ4n) is 1.79. The van der Waals surface area contributed by atoms with Crippen LogP contribution in [0.25, 0.3) is 0 Å². The maximum absolute atomic E-state index is 12.1. The second-order valence-corrected chi connectivity index (χ2v) is 5.57. The Kier molecular flexibility index (Phi) is 10.7. The molecule has 0 radical (unpaired) electrons. The molecule has 0 aromatic rings. The molecule has 13 nitrogen and oxygen atoms in total. The van der Waals surface area contributed by atoms with Crippen LogP contribution in [0, 0.1) is 0 Å². The van der Waals surface area contributed by atoms with Gasteiger partial charge in [0.2, 0.25) is 29.5 Å². The van der Waals surface area contributed by atoms with Crippen LogP contribution in [-0.2, 0) is 28.8 Å². The molecule has 0 saturated heterocycles. The van der Waals surface area contributed by atoms with Crippen LogP contribution in [0.4, 0.5) is 0 Å². The van der Waals surface area contributed by atoms with E-state index in [1.807, 2.05) is 5.32 Å². The molecule has 5 amide bonds. The lowest BCUT2D eigenvalue weighted by atomic mass is 10.1. The maximum Gasteiger partial charge on any atom is 0.322 e. The van der Waals surface area contributed by atoms with Crippen LogP contribution in [0.3, 0.4) is 0 Å². The normalized spacial score (nSPS) is 12.3. The summed E-state index contributed by atoms with van der Waals surface area (Å²) in [5.74, 6) is -4.92. The van der Waals surface area contributed by atoms with E-state index in [1.165, 1.54) is 0 Å². The molecule has 2 atom stereocenters. The molecule has 13 heteroatoms. The third kappa shape index (κ3) is 11.9. The summed E-state index contributed by atoms with van der Waals surface area (Å²) in [4.78, 5) is 67.5. The van der Waals surface area contributed by atoms with E-state index >= 15 is 0 Å². The van der Waals surface area contributed by atoms with Crippen molar-refractivity contribution >= 4 is 35.5 Å². The van der Waals surface area contributed by atoms with E-state index in [-0.39, 0.29) is 25.7 Å². The molecule has 0 bridgehead atoms. The van der Waals surface area contributed by atoms with E-state index in [2.05, 4.69) is 10.6 Å². The standard InChI is InChI=1S/C14H24N6O7/c15-7(1-3-9(16)21)13(26)20-8(2-4-10(17)22)14(27)19-5-11(23)18-6-12(24)25/h7-8H,1-6,15H2,(H2,16,21)(H2,17,22)(H,18,23)(H,19,27)(H,20,26)(H,24,25). The molecule has 0 aliphatic carbocycles. The zero-order valence-electron chi connectivity index (χ0n) is 14.5. The Morgan fingerprint density at radius 2 is 1.37 bits per heavy atom. The SMILES string of the molecule is NC(=O)CCC(N)C(=O)NC(CCC(N)=O)C(=O)NCC(=O)NCC(=O)O. The highest BCUT2D eigenvalue weighted by atomic mass is 16.4. The van der Waals surface area contributed by atoms with E-state index in [0.717, 1.165) is 0 Å². The zero-order chi connectivity index (χ0) is 21.0. The first kappa shape index (κ1) is 23.8. The number of amides is 5. The van der Waals surface area contributed by atoms with Crippen LogP contribution < -0.4 is 33.2 Å². The van der Waals surface area contributed by atoms with Gasteiger partial charge in [-0.1, -0.05) is 0 Å². The van der Waals surface area contributed by atoms with Crippen LogP contribution in [0.15, 0.2) is 0 Å². The van der Waals surface area contributed by atoms with Crippen LogP contribution in [0.5, 0.6) is 0 Å².